The predicted molar refractivity (Wildman–Crippen MR) is 108 cm³/mol. The Kier molecular flexibility index (Phi) is 7.06. The Labute approximate surface area is 171 Å². The molecular formula is C17H22N2O7S3. The monoisotopic (exact) mass is 462 g/mol. The quantitative estimate of drug-likeness (QED) is 0.543. The van der Waals surface area contributed by atoms with Gasteiger partial charge in [-0.25, -0.2) is 34.3 Å². The van der Waals surface area contributed by atoms with Crippen LogP contribution in [-0.2, 0) is 29.9 Å². The van der Waals surface area contributed by atoms with E-state index in [0.717, 1.165) is 10.6 Å². The molecule has 2 aromatic carbocycles. The fraction of sp³-hybridized carbons (Fsp3) is 0.294. The minimum absolute atomic E-state index is 0.0143. The van der Waals surface area contributed by atoms with Crippen LogP contribution in [0.2, 0.25) is 0 Å². The van der Waals surface area contributed by atoms with Gasteiger partial charge in [-0.2, -0.15) is 0 Å². The molecule has 0 saturated heterocycles. The molecule has 0 spiro atoms. The molecule has 0 unspecified atom stereocenters. The molecule has 160 valence electrons. The van der Waals surface area contributed by atoms with E-state index in [2.05, 4.69) is 4.72 Å². The van der Waals surface area contributed by atoms with Crippen molar-refractivity contribution < 1.29 is 30.0 Å². The molecule has 0 atom stereocenters. The van der Waals surface area contributed by atoms with Gasteiger partial charge in [0.15, 0.2) is 9.84 Å². The maximum atomic E-state index is 12.2. The molecule has 0 amide bonds. The molecule has 0 bridgehead atoms. The average Bonchev–Trinajstić information content (AvgIpc) is 2.65. The Morgan fingerprint density at radius 1 is 0.793 bits per heavy atom. The standard InChI is InChI=1S/C17H22N2O7S3/c1-19(2)29(24,25)17-6-4-14(5-7-17)26-13-12-18-28(22,23)16-10-8-15(9-11-16)27(3,20)21/h4-11,18H,12-13H2,1-3H3. The summed E-state index contributed by atoms with van der Waals surface area (Å²) in [6.07, 6.45) is 1.04. The van der Waals surface area contributed by atoms with Gasteiger partial charge in [-0.05, 0) is 48.5 Å². The van der Waals surface area contributed by atoms with Gasteiger partial charge in [-0.15, -0.1) is 0 Å². The van der Waals surface area contributed by atoms with E-state index in [1.807, 2.05) is 0 Å². The van der Waals surface area contributed by atoms with E-state index < -0.39 is 29.9 Å². The van der Waals surface area contributed by atoms with Crippen LogP contribution in [0.15, 0.2) is 63.2 Å². The van der Waals surface area contributed by atoms with E-state index in [-0.39, 0.29) is 27.8 Å². The molecule has 9 nitrogen and oxygen atoms in total. The largest absolute Gasteiger partial charge is 0.492 e. The van der Waals surface area contributed by atoms with Crippen molar-refractivity contribution in [2.24, 2.45) is 0 Å². The van der Waals surface area contributed by atoms with E-state index in [0.29, 0.717) is 5.75 Å². The molecule has 0 aliphatic rings. The highest BCUT2D eigenvalue weighted by molar-refractivity contribution is 7.91. The van der Waals surface area contributed by atoms with Gasteiger partial charge in [0.1, 0.15) is 12.4 Å². The van der Waals surface area contributed by atoms with Crippen molar-refractivity contribution in [1.82, 2.24) is 9.03 Å². The second-order valence-electron chi connectivity index (χ2n) is 6.25. The Bertz CT molecular complexity index is 1150. The molecule has 2 rings (SSSR count). The van der Waals surface area contributed by atoms with Crippen molar-refractivity contribution in [3.05, 3.63) is 48.5 Å². The van der Waals surface area contributed by atoms with Crippen LogP contribution in [0, 0.1) is 0 Å². The third-order valence-electron chi connectivity index (χ3n) is 3.83. The molecule has 29 heavy (non-hydrogen) atoms. The zero-order valence-electron chi connectivity index (χ0n) is 16.1. The second kappa shape index (κ2) is 8.79. The van der Waals surface area contributed by atoms with Gasteiger partial charge in [0.05, 0.1) is 14.7 Å². The normalized spacial score (nSPS) is 12.8. The lowest BCUT2D eigenvalue weighted by atomic mass is 10.3. The number of ether oxygens (including phenoxy) is 1. The SMILES string of the molecule is CN(C)S(=O)(=O)c1ccc(OCCNS(=O)(=O)c2ccc(S(C)(=O)=O)cc2)cc1. The van der Waals surface area contributed by atoms with Gasteiger partial charge in [-0.3, -0.25) is 0 Å². The molecule has 2 aromatic rings. The van der Waals surface area contributed by atoms with Gasteiger partial charge in [0, 0.05) is 26.9 Å². The number of nitrogens with zero attached hydrogens (tertiary/aromatic N) is 1. The molecule has 0 fully saturated rings. The Morgan fingerprint density at radius 3 is 1.76 bits per heavy atom. The van der Waals surface area contributed by atoms with Crippen LogP contribution in [0.25, 0.3) is 0 Å². The van der Waals surface area contributed by atoms with Crippen LogP contribution in [-0.4, -0.2) is 63.1 Å². The van der Waals surface area contributed by atoms with Crippen LogP contribution in [0.5, 0.6) is 5.75 Å². The number of rotatable bonds is 9. The summed E-state index contributed by atoms with van der Waals surface area (Å²) in [5.41, 5.74) is 0. The Balaban J connectivity index is 1.93. The lowest BCUT2D eigenvalue weighted by molar-refractivity contribution is 0.322. The number of nitrogens with one attached hydrogen (secondary N) is 1. The molecule has 0 radical (unpaired) electrons. The molecule has 0 aliphatic carbocycles. The van der Waals surface area contributed by atoms with Crippen LogP contribution < -0.4 is 9.46 Å². The third kappa shape index (κ3) is 6.00. The van der Waals surface area contributed by atoms with Crippen LogP contribution in [0.3, 0.4) is 0 Å². The topological polar surface area (TPSA) is 127 Å². The summed E-state index contributed by atoms with van der Waals surface area (Å²) >= 11 is 0. The maximum Gasteiger partial charge on any atom is 0.242 e. The molecule has 0 aromatic heterocycles. The number of benzene rings is 2. The van der Waals surface area contributed by atoms with Crippen molar-refractivity contribution >= 4 is 29.9 Å². The number of hydrogen-bond acceptors (Lipinski definition) is 7. The summed E-state index contributed by atoms with van der Waals surface area (Å²) in [6.45, 7) is -0.0195. The van der Waals surface area contributed by atoms with E-state index in [1.165, 1.54) is 62.6 Å². The minimum atomic E-state index is -3.82. The predicted octanol–water partition coefficient (Wildman–Crippen LogP) is 0.698. The molecule has 1 N–H and O–H groups in total. The summed E-state index contributed by atoms with van der Waals surface area (Å²) in [7, 11) is -7.90. The number of sulfonamides is 2. The van der Waals surface area contributed by atoms with E-state index in [1.54, 1.807) is 0 Å². The van der Waals surface area contributed by atoms with Gasteiger partial charge in [0.2, 0.25) is 20.0 Å². The summed E-state index contributed by atoms with van der Waals surface area (Å²) < 4.78 is 80.2. The fourth-order valence-electron chi connectivity index (χ4n) is 2.21. The molecule has 0 heterocycles. The van der Waals surface area contributed by atoms with Crippen molar-refractivity contribution in [3.8, 4) is 5.75 Å². The summed E-state index contributed by atoms with van der Waals surface area (Å²) in [5, 5.41) is 0. The first-order valence-electron chi connectivity index (χ1n) is 8.29. The Morgan fingerprint density at radius 2 is 1.28 bits per heavy atom. The van der Waals surface area contributed by atoms with E-state index in [4.69, 9.17) is 4.74 Å². The van der Waals surface area contributed by atoms with E-state index in [9.17, 15) is 25.3 Å². The average molecular weight is 463 g/mol. The van der Waals surface area contributed by atoms with E-state index >= 15 is 0 Å². The highest BCUT2D eigenvalue weighted by Gasteiger charge is 2.17. The van der Waals surface area contributed by atoms with Crippen LogP contribution in [0.4, 0.5) is 0 Å². The van der Waals surface area contributed by atoms with Gasteiger partial charge < -0.3 is 4.74 Å². The van der Waals surface area contributed by atoms with Crippen molar-refractivity contribution in [1.29, 1.82) is 0 Å². The fourth-order valence-corrected chi connectivity index (χ4v) is 4.76. The first-order chi connectivity index (χ1) is 13.3. The second-order valence-corrected chi connectivity index (χ2v) is 12.2. The molecule has 12 heteroatoms. The zero-order valence-corrected chi connectivity index (χ0v) is 18.5. The molecule has 0 aliphatic heterocycles. The maximum absolute atomic E-state index is 12.2. The number of hydrogen-bond donors (Lipinski definition) is 1. The summed E-state index contributed by atoms with van der Waals surface area (Å²) in [6, 6.07) is 10.6. The summed E-state index contributed by atoms with van der Waals surface area (Å²) in [5.74, 6) is 0.388. The van der Waals surface area contributed by atoms with Gasteiger partial charge >= 0.3 is 0 Å². The Hall–Kier alpha value is -1.99. The first kappa shape index (κ1) is 23.3. The summed E-state index contributed by atoms with van der Waals surface area (Å²) in [4.78, 5) is 0.0794. The van der Waals surface area contributed by atoms with Crippen molar-refractivity contribution in [2.45, 2.75) is 14.7 Å². The minimum Gasteiger partial charge on any atom is -0.492 e. The lowest BCUT2D eigenvalue weighted by Gasteiger charge is -2.12. The highest BCUT2D eigenvalue weighted by Crippen LogP contribution is 2.18. The number of sulfone groups is 1. The zero-order chi connectivity index (χ0) is 21.9. The smallest absolute Gasteiger partial charge is 0.242 e. The first-order valence-corrected chi connectivity index (χ1v) is 13.1. The molecule has 0 saturated carbocycles. The van der Waals surface area contributed by atoms with Crippen molar-refractivity contribution in [3.63, 3.8) is 0 Å². The molecular weight excluding hydrogens is 440 g/mol. The van der Waals surface area contributed by atoms with Gasteiger partial charge in [-0.1, -0.05) is 0 Å². The van der Waals surface area contributed by atoms with Crippen molar-refractivity contribution in [2.75, 3.05) is 33.5 Å². The van der Waals surface area contributed by atoms with Crippen LogP contribution in [0.1, 0.15) is 0 Å². The van der Waals surface area contributed by atoms with Gasteiger partial charge in [0.25, 0.3) is 0 Å². The third-order valence-corrected chi connectivity index (χ3v) is 8.26. The van der Waals surface area contributed by atoms with Crippen LogP contribution >= 0.6 is 0 Å². The lowest BCUT2D eigenvalue weighted by Crippen LogP contribution is -2.28. The highest BCUT2D eigenvalue weighted by atomic mass is 32.2.